The smallest absolute Gasteiger partial charge is 0.310 e. The van der Waals surface area contributed by atoms with Gasteiger partial charge in [-0.25, -0.2) is 4.98 Å². The summed E-state index contributed by atoms with van der Waals surface area (Å²) in [6.07, 6.45) is 2.84. The maximum atomic E-state index is 11.2. The molecule has 0 aliphatic heterocycles. The maximum Gasteiger partial charge on any atom is 0.310 e. The molecule has 0 spiro atoms. The van der Waals surface area contributed by atoms with Gasteiger partial charge in [0.1, 0.15) is 0 Å². The lowest BCUT2D eigenvalue weighted by Gasteiger charge is -2.19. The van der Waals surface area contributed by atoms with E-state index in [0.717, 1.165) is 0 Å². The quantitative estimate of drug-likeness (QED) is 0.665. The number of hydrogen-bond acceptors (Lipinski definition) is 4. The zero-order chi connectivity index (χ0) is 11.5. The van der Waals surface area contributed by atoms with Crippen molar-refractivity contribution >= 4 is 11.8 Å². The van der Waals surface area contributed by atoms with Gasteiger partial charge in [-0.05, 0) is 13.8 Å². The van der Waals surface area contributed by atoms with Gasteiger partial charge < -0.3 is 15.4 Å². The summed E-state index contributed by atoms with van der Waals surface area (Å²) in [5.41, 5.74) is -1.30. The van der Waals surface area contributed by atoms with Crippen LogP contribution in [0.25, 0.3) is 0 Å². The predicted molar refractivity (Wildman–Crippen MR) is 54.8 cm³/mol. The van der Waals surface area contributed by atoms with Crippen molar-refractivity contribution in [2.75, 3.05) is 11.9 Å². The molecule has 0 fully saturated rings. The van der Waals surface area contributed by atoms with Gasteiger partial charge in [-0.3, -0.25) is 9.59 Å². The highest BCUT2D eigenvalue weighted by atomic mass is 16.4. The molecule has 1 aromatic rings. The summed E-state index contributed by atoms with van der Waals surface area (Å²) in [4.78, 5) is 28.2. The number of H-pyrrole nitrogens is 1. The van der Waals surface area contributed by atoms with Crippen molar-refractivity contribution in [3.8, 4) is 0 Å². The molecule has 1 heterocycles. The Bertz CT molecular complexity index is 411. The minimum absolute atomic E-state index is 0.131. The highest BCUT2D eigenvalue weighted by molar-refractivity contribution is 5.74. The van der Waals surface area contributed by atoms with Gasteiger partial charge in [-0.2, -0.15) is 0 Å². The molecule has 6 nitrogen and oxygen atoms in total. The third-order valence-electron chi connectivity index (χ3n) is 1.98. The second-order valence-electron chi connectivity index (χ2n) is 3.81. The van der Waals surface area contributed by atoms with E-state index in [1.54, 1.807) is 13.8 Å². The second-order valence-corrected chi connectivity index (χ2v) is 3.81. The van der Waals surface area contributed by atoms with Gasteiger partial charge >= 0.3 is 5.97 Å². The van der Waals surface area contributed by atoms with Crippen molar-refractivity contribution in [2.45, 2.75) is 13.8 Å². The first kappa shape index (κ1) is 11.2. The summed E-state index contributed by atoms with van der Waals surface area (Å²) in [6, 6.07) is 0. The third kappa shape index (κ3) is 2.80. The minimum atomic E-state index is -0.941. The molecule has 0 aromatic carbocycles. The molecular weight excluding hydrogens is 198 g/mol. The topological polar surface area (TPSA) is 95.1 Å². The molecule has 6 heteroatoms. The Morgan fingerprint density at radius 3 is 2.87 bits per heavy atom. The number of aromatic amines is 1. The molecule has 0 aliphatic rings. The first-order valence-corrected chi connectivity index (χ1v) is 4.44. The zero-order valence-corrected chi connectivity index (χ0v) is 8.57. The van der Waals surface area contributed by atoms with Crippen molar-refractivity contribution in [3.05, 3.63) is 22.7 Å². The first-order valence-electron chi connectivity index (χ1n) is 4.44. The summed E-state index contributed by atoms with van der Waals surface area (Å²) in [5, 5.41) is 11.5. The highest BCUT2D eigenvalue weighted by Crippen LogP contribution is 2.14. The number of aromatic nitrogens is 2. The van der Waals surface area contributed by atoms with Crippen LogP contribution >= 0.6 is 0 Å². The van der Waals surface area contributed by atoms with Crippen LogP contribution in [0, 0.1) is 5.41 Å². The molecular formula is C9H13N3O3. The largest absolute Gasteiger partial charge is 0.481 e. The SMILES string of the molecule is CC(C)(CNc1ncc[nH]c1=O)C(=O)O. The van der Waals surface area contributed by atoms with Crippen molar-refractivity contribution in [2.24, 2.45) is 5.41 Å². The Kier molecular flexibility index (Phi) is 3.08. The molecule has 1 aromatic heterocycles. The van der Waals surface area contributed by atoms with Gasteiger partial charge in [0.25, 0.3) is 5.56 Å². The van der Waals surface area contributed by atoms with Crippen molar-refractivity contribution in [1.29, 1.82) is 0 Å². The Hall–Kier alpha value is -1.85. The van der Waals surface area contributed by atoms with Gasteiger partial charge in [0.15, 0.2) is 5.82 Å². The fourth-order valence-electron chi connectivity index (χ4n) is 0.858. The summed E-state index contributed by atoms with van der Waals surface area (Å²) >= 11 is 0. The Morgan fingerprint density at radius 2 is 2.33 bits per heavy atom. The van der Waals surface area contributed by atoms with Crippen LogP contribution in [0.3, 0.4) is 0 Å². The molecule has 0 saturated heterocycles. The first-order chi connectivity index (χ1) is 6.93. The Morgan fingerprint density at radius 1 is 1.67 bits per heavy atom. The molecule has 3 N–H and O–H groups in total. The Balaban J connectivity index is 2.70. The third-order valence-corrected chi connectivity index (χ3v) is 1.98. The van der Waals surface area contributed by atoms with Crippen LogP contribution in [-0.2, 0) is 4.79 Å². The second kappa shape index (κ2) is 4.12. The number of carbonyl (C=O) groups is 1. The van der Waals surface area contributed by atoms with Gasteiger partial charge in [0.2, 0.25) is 0 Å². The lowest BCUT2D eigenvalue weighted by molar-refractivity contribution is -0.146. The van der Waals surface area contributed by atoms with E-state index in [1.807, 2.05) is 0 Å². The van der Waals surface area contributed by atoms with Crippen molar-refractivity contribution in [1.82, 2.24) is 9.97 Å². The number of carboxylic acids is 1. The summed E-state index contributed by atoms with van der Waals surface area (Å²) < 4.78 is 0. The zero-order valence-electron chi connectivity index (χ0n) is 8.57. The fourth-order valence-corrected chi connectivity index (χ4v) is 0.858. The van der Waals surface area contributed by atoms with Crippen molar-refractivity contribution < 1.29 is 9.90 Å². The lowest BCUT2D eigenvalue weighted by Crippen LogP contribution is -2.33. The van der Waals surface area contributed by atoms with Crippen LogP contribution < -0.4 is 10.9 Å². The van der Waals surface area contributed by atoms with E-state index in [9.17, 15) is 9.59 Å². The molecule has 0 radical (unpaired) electrons. The molecule has 0 aliphatic carbocycles. The monoisotopic (exact) mass is 211 g/mol. The molecule has 1 rings (SSSR count). The average molecular weight is 211 g/mol. The van der Waals surface area contributed by atoms with E-state index in [4.69, 9.17) is 5.11 Å². The number of nitrogens with one attached hydrogen (secondary N) is 2. The average Bonchev–Trinajstić information content (AvgIpc) is 2.16. The van der Waals surface area contributed by atoms with E-state index in [-0.39, 0.29) is 17.9 Å². The number of rotatable bonds is 4. The molecule has 82 valence electrons. The molecule has 0 bridgehead atoms. The van der Waals surface area contributed by atoms with Gasteiger partial charge in [-0.15, -0.1) is 0 Å². The summed E-state index contributed by atoms with van der Waals surface area (Å²) in [6.45, 7) is 3.28. The summed E-state index contributed by atoms with van der Waals surface area (Å²) in [7, 11) is 0. The van der Waals surface area contributed by atoms with Crippen LogP contribution in [0.15, 0.2) is 17.2 Å². The van der Waals surface area contributed by atoms with E-state index in [2.05, 4.69) is 15.3 Å². The number of nitrogens with zero attached hydrogens (tertiary/aromatic N) is 1. The predicted octanol–water partition coefficient (Wildman–Crippen LogP) is 0.293. The maximum absolute atomic E-state index is 11.2. The normalized spacial score (nSPS) is 11.1. The van der Waals surface area contributed by atoms with Crippen molar-refractivity contribution in [3.63, 3.8) is 0 Å². The lowest BCUT2D eigenvalue weighted by atomic mass is 9.94. The van der Waals surface area contributed by atoms with Crippen LogP contribution in [0.1, 0.15) is 13.8 Å². The molecule has 0 saturated carbocycles. The number of hydrogen-bond donors (Lipinski definition) is 3. The molecule has 0 unspecified atom stereocenters. The van der Waals surface area contributed by atoms with E-state index in [0.29, 0.717) is 0 Å². The summed E-state index contributed by atoms with van der Waals surface area (Å²) in [5.74, 6) is -0.797. The fraction of sp³-hybridized carbons (Fsp3) is 0.444. The number of carboxylic acid groups (broad SMARTS) is 1. The minimum Gasteiger partial charge on any atom is -0.481 e. The van der Waals surface area contributed by atoms with Crippen LogP contribution in [-0.4, -0.2) is 27.6 Å². The van der Waals surface area contributed by atoms with E-state index in [1.165, 1.54) is 12.4 Å². The Labute approximate surface area is 86.4 Å². The standard InChI is InChI=1S/C9H13N3O3/c1-9(2,8(14)15)5-12-6-7(13)11-4-3-10-6/h3-4H,5H2,1-2H3,(H,10,12)(H,11,13)(H,14,15). The van der Waals surface area contributed by atoms with Crippen LogP contribution in [0.4, 0.5) is 5.82 Å². The molecule has 0 amide bonds. The number of aliphatic carboxylic acids is 1. The number of anilines is 1. The van der Waals surface area contributed by atoms with E-state index < -0.39 is 11.4 Å². The highest BCUT2D eigenvalue weighted by Gasteiger charge is 2.27. The molecule has 0 atom stereocenters. The molecule has 15 heavy (non-hydrogen) atoms. The van der Waals surface area contributed by atoms with Gasteiger partial charge in [0, 0.05) is 18.9 Å². The van der Waals surface area contributed by atoms with Gasteiger partial charge in [-0.1, -0.05) is 0 Å². The van der Waals surface area contributed by atoms with Crippen LogP contribution in [0.2, 0.25) is 0 Å². The van der Waals surface area contributed by atoms with Gasteiger partial charge in [0.05, 0.1) is 5.41 Å². The van der Waals surface area contributed by atoms with Crippen LogP contribution in [0.5, 0.6) is 0 Å². The van der Waals surface area contributed by atoms with E-state index >= 15 is 0 Å².